The molecular formula is C56H32N4O. The second-order valence-corrected chi connectivity index (χ2v) is 15.4. The molecule has 5 heteroatoms. The number of para-hydroxylation sites is 1. The van der Waals surface area contributed by atoms with Crippen molar-refractivity contribution in [3.63, 3.8) is 0 Å². The van der Waals surface area contributed by atoms with Crippen molar-refractivity contribution in [1.29, 1.82) is 5.26 Å². The first-order chi connectivity index (χ1) is 30.2. The molecule has 12 rings (SSSR count). The Hall–Kier alpha value is -8.46. The van der Waals surface area contributed by atoms with Gasteiger partial charge in [-0.3, -0.25) is 0 Å². The average Bonchev–Trinajstić information content (AvgIpc) is 3.88. The van der Waals surface area contributed by atoms with Crippen LogP contribution in [0.2, 0.25) is 0 Å². The molecule has 0 atom stereocenters. The van der Waals surface area contributed by atoms with Crippen LogP contribution in [0.1, 0.15) is 5.56 Å². The van der Waals surface area contributed by atoms with Gasteiger partial charge < -0.3 is 4.42 Å². The number of nitriles is 1. The van der Waals surface area contributed by atoms with Gasteiger partial charge in [0, 0.05) is 27.5 Å². The third-order valence-corrected chi connectivity index (χ3v) is 12.0. The predicted octanol–water partition coefficient (Wildman–Crippen LogP) is 14.4. The van der Waals surface area contributed by atoms with Gasteiger partial charge in [0.05, 0.1) is 11.6 Å². The van der Waals surface area contributed by atoms with E-state index < -0.39 is 0 Å². The summed E-state index contributed by atoms with van der Waals surface area (Å²) >= 11 is 0. The van der Waals surface area contributed by atoms with Crippen molar-refractivity contribution in [1.82, 2.24) is 15.0 Å². The summed E-state index contributed by atoms with van der Waals surface area (Å²) in [7, 11) is 0. The molecule has 0 saturated carbocycles. The molecule has 9 aromatic carbocycles. The van der Waals surface area contributed by atoms with Gasteiger partial charge in [-0.1, -0.05) is 164 Å². The van der Waals surface area contributed by atoms with Crippen molar-refractivity contribution in [3.8, 4) is 95.9 Å². The number of hydrogen-bond acceptors (Lipinski definition) is 5. The zero-order chi connectivity index (χ0) is 40.4. The van der Waals surface area contributed by atoms with Gasteiger partial charge in [0.15, 0.2) is 17.5 Å². The number of nitrogens with zero attached hydrogens (tertiary/aromatic N) is 4. The van der Waals surface area contributed by atoms with Crippen LogP contribution >= 0.6 is 0 Å². The van der Waals surface area contributed by atoms with E-state index in [0.29, 0.717) is 23.0 Å². The fraction of sp³-hybridized carbons (Fsp3) is 0. The molecule has 0 bridgehead atoms. The van der Waals surface area contributed by atoms with Crippen LogP contribution in [0.4, 0.5) is 0 Å². The summed E-state index contributed by atoms with van der Waals surface area (Å²) in [6.07, 6.45) is 0. The van der Waals surface area contributed by atoms with E-state index in [0.717, 1.165) is 72.0 Å². The lowest BCUT2D eigenvalue weighted by atomic mass is 9.88. The van der Waals surface area contributed by atoms with Crippen LogP contribution in [-0.4, -0.2) is 15.0 Å². The molecule has 0 N–H and O–H groups in total. The lowest BCUT2D eigenvalue weighted by molar-refractivity contribution is 0.669. The second-order valence-electron chi connectivity index (χ2n) is 15.4. The molecule has 61 heavy (non-hydrogen) atoms. The highest BCUT2D eigenvalue weighted by molar-refractivity contribution is 6.22. The standard InChI is InChI=1S/C56H32N4O/c57-33-34-14-16-36(17-15-34)42-27-29-47-44-10-4-5-11-45(44)48-30-28-43(52(42)53(47)48)37-20-24-40(25-21-37)56-59-54(38-8-2-1-3-9-38)58-55(60-56)39-22-18-35(19-23-39)41-26-31-51-49(32-41)46-12-6-7-13-50(46)61-51/h1-32H. The SMILES string of the molecule is N#Cc1ccc(-c2ccc3c4c(ccc(-c5ccc(-c6nc(-c7ccccc7)nc(-c7ccc(-c8ccc9oc%10ccccc%10c9c8)cc7)n6)cc5)c24)-c2ccccc2-3)cc1. The first-order valence-corrected chi connectivity index (χ1v) is 20.3. The van der Waals surface area contributed by atoms with E-state index in [9.17, 15) is 5.26 Å². The first-order valence-electron chi connectivity index (χ1n) is 20.3. The van der Waals surface area contributed by atoms with Crippen molar-refractivity contribution in [3.05, 3.63) is 200 Å². The van der Waals surface area contributed by atoms with Crippen molar-refractivity contribution >= 4 is 32.7 Å². The number of aromatic nitrogens is 3. The third-order valence-electron chi connectivity index (χ3n) is 12.0. The van der Waals surface area contributed by atoms with Gasteiger partial charge in [-0.05, 0) is 96.7 Å². The summed E-state index contributed by atoms with van der Waals surface area (Å²) in [5.41, 5.74) is 16.8. The number of benzene rings is 9. The van der Waals surface area contributed by atoms with E-state index >= 15 is 0 Å². The molecule has 0 spiro atoms. The Morgan fingerprint density at radius 1 is 0.328 bits per heavy atom. The Bertz CT molecular complexity index is 3540. The smallest absolute Gasteiger partial charge is 0.164 e. The fourth-order valence-electron chi connectivity index (χ4n) is 8.97. The molecule has 2 aromatic heterocycles. The normalized spacial score (nSPS) is 11.6. The first kappa shape index (κ1) is 34.6. The topological polar surface area (TPSA) is 75.6 Å². The maximum atomic E-state index is 9.53. The van der Waals surface area contributed by atoms with Crippen molar-refractivity contribution in [2.75, 3.05) is 0 Å². The van der Waals surface area contributed by atoms with Crippen molar-refractivity contribution in [2.24, 2.45) is 0 Å². The van der Waals surface area contributed by atoms with Crippen LogP contribution in [0.25, 0.3) is 123 Å². The monoisotopic (exact) mass is 776 g/mol. The van der Waals surface area contributed by atoms with Gasteiger partial charge in [-0.15, -0.1) is 0 Å². The third kappa shape index (κ3) is 5.73. The van der Waals surface area contributed by atoms with Gasteiger partial charge in [-0.25, -0.2) is 15.0 Å². The van der Waals surface area contributed by atoms with Gasteiger partial charge >= 0.3 is 0 Å². The van der Waals surface area contributed by atoms with E-state index in [1.807, 2.05) is 66.7 Å². The van der Waals surface area contributed by atoms with E-state index in [1.165, 1.54) is 33.0 Å². The number of furan rings is 1. The second kappa shape index (κ2) is 13.8. The van der Waals surface area contributed by atoms with E-state index in [1.54, 1.807) is 0 Å². The Morgan fingerprint density at radius 3 is 1.38 bits per heavy atom. The molecule has 0 fully saturated rings. The summed E-state index contributed by atoms with van der Waals surface area (Å²) in [4.78, 5) is 15.1. The average molecular weight is 777 g/mol. The van der Waals surface area contributed by atoms with E-state index in [-0.39, 0.29) is 0 Å². The lowest BCUT2D eigenvalue weighted by Gasteiger charge is -2.15. The summed E-state index contributed by atoms with van der Waals surface area (Å²) < 4.78 is 6.08. The Labute approximate surface area is 351 Å². The van der Waals surface area contributed by atoms with Crippen LogP contribution in [-0.2, 0) is 0 Å². The number of rotatable bonds is 6. The lowest BCUT2D eigenvalue weighted by Crippen LogP contribution is -2.00. The maximum absolute atomic E-state index is 9.53. The van der Waals surface area contributed by atoms with Gasteiger partial charge in [0.25, 0.3) is 0 Å². The highest BCUT2D eigenvalue weighted by atomic mass is 16.3. The molecular weight excluding hydrogens is 745 g/mol. The highest BCUT2D eigenvalue weighted by Crippen LogP contribution is 2.52. The molecule has 0 amide bonds. The van der Waals surface area contributed by atoms with Crippen LogP contribution < -0.4 is 0 Å². The van der Waals surface area contributed by atoms with Crippen LogP contribution in [0.15, 0.2) is 199 Å². The maximum Gasteiger partial charge on any atom is 0.164 e. The largest absolute Gasteiger partial charge is 0.456 e. The minimum absolute atomic E-state index is 0.603. The quantitative estimate of drug-likeness (QED) is 0.168. The molecule has 2 heterocycles. The molecule has 282 valence electrons. The summed E-state index contributed by atoms with van der Waals surface area (Å²) in [6.45, 7) is 0. The number of fused-ring (bicyclic) bond motifs is 6. The predicted molar refractivity (Wildman–Crippen MR) is 246 cm³/mol. The van der Waals surface area contributed by atoms with Crippen molar-refractivity contribution < 1.29 is 4.42 Å². The zero-order valence-electron chi connectivity index (χ0n) is 32.7. The van der Waals surface area contributed by atoms with Crippen LogP contribution in [0.5, 0.6) is 0 Å². The summed E-state index contributed by atoms with van der Waals surface area (Å²) in [6, 6.07) is 69.4. The van der Waals surface area contributed by atoms with Crippen LogP contribution in [0.3, 0.4) is 0 Å². The van der Waals surface area contributed by atoms with E-state index in [2.05, 4.69) is 133 Å². The van der Waals surface area contributed by atoms with E-state index in [4.69, 9.17) is 19.4 Å². The van der Waals surface area contributed by atoms with Gasteiger partial charge in [-0.2, -0.15) is 5.26 Å². The van der Waals surface area contributed by atoms with Gasteiger partial charge in [0.2, 0.25) is 0 Å². The molecule has 1 aliphatic rings. The summed E-state index contributed by atoms with van der Waals surface area (Å²) in [5, 5.41) is 14.2. The molecule has 0 radical (unpaired) electrons. The minimum atomic E-state index is 0.603. The van der Waals surface area contributed by atoms with Crippen molar-refractivity contribution in [2.45, 2.75) is 0 Å². The van der Waals surface area contributed by atoms with Crippen LogP contribution in [0, 0.1) is 11.3 Å². The highest BCUT2D eigenvalue weighted by Gasteiger charge is 2.25. The Balaban J connectivity index is 0.945. The fourth-order valence-corrected chi connectivity index (χ4v) is 8.97. The zero-order valence-corrected chi connectivity index (χ0v) is 32.7. The molecule has 1 aliphatic carbocycles. The molecule has 0 saturated heterocycles. The molecule has 0 unspecified atom stereocenters. The molecule has 11 aromatic rings. The Kier molecular flexibility index (Phi) is 7.84. The number of hydrogen-bond donors (Lipinski definition) is 0. The Morgan fingerprint density at radius 2 is 0.770 bits per heavy atom. The molecule has 0 aliphatic heterocycles. The van der Waals surface area contributed by atoms with Gasteiger partial charge in [0.1, 0.15) is 11.2 Å². The summed E-state index contributed by atoms with van der Waals surface area (Å²) in [5.74, 6) is 1.82. The molecule has 5 nitrogen and oxygen atoms in total. The minimum Gasteiger partial charge on any atom is -0.456 e.